The normalized spacial score (nSPS) is 21.5. The molecule has 0 unspecified atom stereocenters. The van der Waals surface area contributed by atoms with Crippen LogP contribution in [0, 0.1) is 23.1 Å². The first kappa shape index (κ1) is 42.7. The number of fused-ring (bicyclic) bond motifs is 3. The van der Waals surface area contributed by atoms with Crippen molar-refractivity contribution in [2.45, 2.75) is 128 Å². The Balaban J connectivity index is 1.35. The summed E-state index contributed by atoms with van der Waals surface area (Å²) in [5.41, 5.74) is 4.20. The lowest BCUT2D eigenvalue weighted by atomic mass is 9.95. The predicted octanol–water partition coefficient (Wildman–Crippen LogP) is 10.1. The number of amides is 1. The second kappa shape index (κ2) is 16.2. The molecule has 9 nitrogen and oxygen atoms in total. The molecule has 0 bridgehead atoms. The maximum Gasteiger partial charge on any atom is 0.410 e. The summed E-state index contributed by atoms with van der Waals surface area (Å²) >= 11 is 0. The zero-order valence-electron chi connectivity index (χ0n) is 36.3. The molecular weight excluding hydrogens is 770 g/mol. The molecule has 3 saturated heterocycles. The molecule has 0 saturated carbocycles. The summed E-state index contributed by atoms with van der Waals surface area (Å²) in [4.78, 5) is 33.2. The molecule has 3 aliphatic heterocycles. The maximum atomic E-state index is 17.5. The molecule has 0 aliphatic carbocycles. The number of carbonyl (C=O) groups excluding carboxylic acids is 1. The Labute approximate surface area is 348 Å². The van der Waals surface area contributed by atoms with Gasteiger partial charge in [-0.2, -0.15) is 9.97 Å². The van der Waals surface area contributed by atoms with Gasteiger partial charge in [0, 0.05) is 55.8 Å². The Morgan fingerprint density at radius 1 is 1.00 bits per heavy atom. The van der Waals surface area contributed by atoms with Gasteiger partial charge in [0.2, 0.25) is 0 Å². The van der Waals surface area contributed by atoms with Gasteiger partial charge >= 0.3 is 12.1 Å². The van der Waals surface area contributed by atoms with Crippen molar-refractivity contribution < 1.29 is 27.4 Å². The van der Waals surface area contributed by atoms with E-state index in [0.29, 0.717) is 76.8 Å². The van der Waals surface area contributed by atoms with Crippen LogP contribution in [-0.2, 0) is 4.74 Å². The number of halogens is 3. The van der Waals surface area contributed by atoms with Crippen molar-refractivity contribution in [2.75, 3.05) is 44.2 Å². The van der Waals surface area contributed by atoms with Crippen molar-refractivity contribution in [2.24, 2.45) is 0 Å². The topological polar surface area (TPSA) is 83.9 Å². The van der Waals surface area contributed by atoms with Gasteiger partial charge in [0.1, 0.15) is 49.3 Å². The molecule has 1 amide bonds. The van der Waals surface area contributed by atoms with Crippen LogP contribution >= 0.6 is 0 Å². The average Bonchev–Trinajstić information content (AvgIpc) is 3.69. The number of benzene rings is 2. The third-order valence-electron chi connectivity index (χ3n) is 12.9. The summed E-state index contributed by atoms with van der Waals surface area (Å²) in [7, 11) is -2.26. The van der Waals surface area contributed by atoms with Gasteiger partial charge in [-0.3, -0.25) is 9.88 Å². The molecular formula is C46H59F3N6O3Si. The van der Waals surface area contributed by atoms with Crippen LogP contribution in [0.2, 0.25) is 16.6 Å². The monoisotopic (exact) mass is 828 g/mol. The molecule has 2 aromatic heterocycles. The van der Waals surface area contributed by atoms with E-state index in [1.54, 1.807) is 23.2 Å². The van der Waals surface area contributed by atoms with Crippen molar-refractivity contribution in [1.82, 2.24) is 24.8 Å². The van der Waals surface area contributed by atoms with Gasteiger partial charge in [0.25, 0.3) is 0 Å². The Morgan fingerprint density at radius 2 is 1.73 bits per heavy atom. The van der Waals surface area contributed by atoms with Crippen molar-refractivity contribution in [3.63, 3.8) is 0 Å². The SMILES string of the molecule is CC(C)[Si](C#Cc1c(F)ccc2cccc(-c3ncc4c(N5CCN(C(=O)OC(C)(C)C)C[C@@H]5C)nc(OC[C@@]56CCCN5C[C@H](F)C6)nc4c3F)c12)(C(C)C)C(C)C. The lowest BCUT2D eigenvalue weighted by Crippen LogP contribution is -2.55. The van der Waals surface area contributed by atoms with E-state index in [-0.39, 0.29) is 35.4 Å². The summed E-state index contributed by atoms with van der Waals surface area (Å²) in [6.45, 7) is 23.2. The number of carbonyl (C=O) groups is 1. The number of ether oxygens (including phenoxy) is 2. The van der Waals surface area contributed by atoms with Crippen molar-refractivity contribution in [3.05, 3.63) is 53.7 Å². The van der Waals surface area contributed by atoms with Crippen LogP contribution in [0.15, 0.2) is 36.5 Å². The number of hydrogen-bond donors (Lipinski definition) is 0. The minimum atomic E-state index is -2.26. The molecule has 3 atom stereocenters. The molecule has 4 aromatic rings. The summed E-state index contributed by atoms with van der Waals surface area (Å²) in [6, 6.07) is 8.29. The first-order valence-electron chi connectivity index (χ1n) is 21.2. The van der Waals surface area contributed by atoms with Gasteiger partial charge in [0.05, 0.1) is 16.5 Å². The summed E-state index contributed by atoms with van der Waals surface area (Å²) < 4.78 is 60.3. The van der Waals surface area contributed by atoms with Crippen molar-refractivity contribution in [3.8, 4) is 28.7 Å². The highest BCUT2D eigenvalue weighted by atomic mass is 28.3. The fraction of sp³-hybridized carbons (Fsp3) is 0.565. The first-order chi connectivity index (χ1) is 27.8. The molecule has 7 rings (SSSR count). The van der Waals surface area contributed by atoms with E-state index in [1.807, 2.05) is 44.7 Å². The zero-order chi connectivity index (χ0) is 42.6. The highest BCUT2D eigenvalue weighted by molar-refractivity contribution is 6.90. The number of piperazine rings is 1. The fourth-order valence-electron chi connectivity index (χ4n) is 10.2. The van der Waals surface area contributed by atoms with E-state index in [0.717, 1.165) is 19.4 Å². The number of nitrogens with zero attached hydrogens (tertiary/aromatic N) is 6. The third-order valence-corrected chi connectivity index (χ3v) is 19.2. The molecule has 5 heterocycles. The smallest absolute Gasteiger partial charge is 0.410 e. The zero-order valence-corrected chi connectivity index (χ0v) is 37.3. The van der Waals surface area contributed by atoms with Gasteiger partial charge in [-0.1, -0.05) is 71.7 Å². The van der Waals surface area contributed by atoms with Gasteiger partial charge < -0.3 is 19.3 Å². The molecule has 2 aromatic carbocycles. The standard InChI is InChI=1S/C46H59F3N6O3Si/c1-28(2)59(29(3)4,30(5)6)22-17-34-37(48)16-15-32-13-11-14-35(38(32)34)40-39(49)41-36(24-50-40)42(55-21-20-53(25-31(55)7)44(56)58-45(8,9)10)52-43(51-41)57-27-46-18-12-19-54(46)26-33(47)23-46/h11,13-16,24,28-31,33H,12,18-21,23,25-27H2,1-10H3/t31-,33+,46-/m0/s1. The molecule has 0 spiro atoms. The molecule has 316 valence electrons. The van der Waals surface area contributed by atoms with Gasteiger partial charge in [-0.25, -0.2) is 18.0 Å². The van der Waals surface area contributed by atoms with Gasteiger partial charge in [-0.15, -0.1) is 5.54 Å². The third kappa shape index (κ3) is 7.99. The van der Waals surface area contributed by atoms with E-state index in [9.17, 15) is 9.18 Å². The summed E-state index contributed by atoms with van der Waals surface area (Å²) in [6.07, 6.45) is 2.31. The maximum absolute atomic E-state index is 17.5. The number of alkyl halides is 1. The Kier molecular flexibility index (Phi) is 11.7. The molecule has 0 radical (unpaired) electrons. The first-order valence-corrected chi connectivity index (χ1v) is 23.5. The van der Waals surface area contributed by atoms with Crippen LogP contribution in [-0.4, -0.2) is 102 Å². The summed E-state index contributed by atoms with van der Waals surface area (Å²) in [5.74, 6) is 2.57. The molecule has 0 N–H and O–H groups in total. The fourth-order valence-corrected chi connectivity index (χ4v) is 15.4. The van der Waals surface area contributed by atoms with Crippen LogP contribution < -0.4 is 9.64 Å². The number of hydrogen-bond acceptors (Lipinski definition) is 8. The molecule has 3 aliphatic rings. The van der Waals surface area contributed by atoms with Crippen molar-refractivity contribution >= 4 is 41.7 Å². The van der Waals surface area contributed by atoms with E-state index in [2.05, 4.69) is 57.9 Å². The average molecular weight is 829 g/mol. The Morgan fingerprint density at radius 3 is 2.41 bits per heavy atom. The highest BCUT2D eigenvalue weighted by Crippen LogP contribution is 2.43. The number of rotatable bonds is 8. The van der Waals surface area contributed by atoms with E-state index >= 15 is 8.78 Å². The molecule has 3 fully saturated rings. The second-order valence-electron chi connectivity index (χ2n) is 18.8. The van der Waals surface area contributed by atoms with Crippen LogP contribution in [0.4, 0.5) is 23.8 Å². The van der Waals surface area contributed by atoms with E-state index in [1.165, 1.54) is 6.07 Å². The number of pyridine rings is 1. The quantitative estimate of drug-likeness (QED) is 0.128. The van der Waals surface area contributed by atoms with Crippen molar-refractivity contribution in [1.29, 1.82) is 0 Å². The van der Waals surface area contributed by atoms with Crippen LogP contribution in [0.25, 0.3) is 32.9 Å². The van der Waals surface area contributed by atoms with Crippen LogP contribution in [0.1, 0.15) is 94.1 Å². The second-order valence-corrected chi connectivity index (χ2v) is 24.4. The lowest BCUT2D eigenvalue weighted by molar-refractivity contribution is 0.0218. The molecule has 13 heteroatoms. The number of aromatic nitrogens is 3. The van der Waals surface area contributed by atoms with Crippen LogP contribution in [0.3, 0.4) is 0 Å². The van der Waals surface area contributed by atoms with Gasteiger partial charge in [-0.05, 0) is 75.2 Å². The van der Waals surface area contributed by atoms with Crippen LogP contribution in [0.5, 0.6) is 6.01 Å². The summed E-state index contributed by atoms with van der Waals surface area (Å²) in [5, 5.41) is 1.58. The Bertz CT molecular complexity index is 2280. The Hall–Kier alpha value is -4.41. The number of anilines is 1. The van der Waals surface area contributed by atoms with E-state index < -0.39 is 43.1 Å². The van der Waals surface area contributed by atoms with Gasteiger partial charge in [0.15, 0.2) is 5.82 Å². The van der Waals surface area contributed by atoms with E-state index in [4.69, 9.17) is 24.4 Å². The highest BCUT2D eigenvalue weighted by Gasteiger charge is 2.49. The molecule has 59 heavy (non-hydrogen) atoms. The lowest BCUT2D eigenvalue weighted by Gasteiger charge is -2.41. The minimum absolute atomic E-state index is 0.000715. The largest absolute Gasteiger partial charge is 0.461 e. The predicted molar refractivity (Wildman–Crippen MR) is 231 cm³/mol. The minimum Gasteiger partial charge on any atom is -0.461 e.